The van der Waals surface area contributed by atoms with E-state index >= 15 is 0 Å². The topological polar surface area (TPSA) is 64.4 Å². The number of nitrogens with zero attached hydrogens (tertiary/aromatic N) is 1. The molecule has 0 saturated heterocycles. The third-order valence-electron chi connectivity index (χ3n) is 2.74. The van der Waals surface area contributed by atoms with Crippen LogP contribution in [0.1, 0.15) is 5.56 Å². The van der Waals surface area contributed by atoms with Crippen molar-refractivity contribution >= 4 is 28.9 Å². The minimum atomic E-state index is -0.525. The molecule has 0 aliphatic carbocycles. The first-order chi connectivity index (χ1) is 10.0. The second kappa shape index (κ2) is 6.76. The Morgan fingerprint density at radius 3 is 2.62 bits per heavy atom. The van der Waals surface area contributed by atoms with Gasteiger partial charge in [0.25, 0.3) is 0 Å². The molecule has 2 aromatic rings. The molecule has 0 bridgehead atoms. The van der Waals surface area contributed by atoms with Gasteiger partial charge in [-0.2, -0.15) is 0 Å². The number of nitro groups is 1. The summed E-state index contributed by atoms with van der Waals surface area (Å²) in [7, 11) is 1.82. The van der Waals surface area contributed by atoms with E-state index in [-0.39, 0.29) is 11.4 Å². The van der Waals surface area contributed by atoms with Gasteiger partial charge in [-0.25, -0.2) is 0 Å². The Morgan fingerprint density at radius 1 is 1.24 bits per heavy atom. The first-order valence-corrected chi connectivity index (χ1v) is 6.81. The Labute approximate surface area is 131 Å². The molecular weight excluding hydrogens is 315 g/mol. The monoisotopic (exact) mass is 326 g/mol. The van der Waals surface area contributed by atoms with Gasteiger partial charge >= 0.3 is 5.69 Å². The lowest BCUT2D eigenvalue weighted by Gasteiger charge is -2.09. The molecule has 0 atom stereocenters. The van der Waals surface area contributed by atoms with Crippen LogP contribution in [0.3, 0.4) is 0 Å². The van der Waals surface area contributed by atoms with Crippen molar-refractivity contribution in [2.75, 3.05) is 7.05 Å². The number of nitro benzene ring substituents is 1. The zero-order valence-corrected chi connectivity index (χ0v) is 12.6. The van der Waals surface area contributed by atoms with Crippen molar-refractivity contribution in [3.05, 3.63) is 62.1 Å². The smallest absolute Gasteiger partial charge is 0.311 e. The van der Waals surface area contributed by atoms with E-state index in [4.69, 9.17) is 27.9 Å². The molecule has 1 N–H and O–H groups in total. The summed E-state index contributed by atoms with van der Waals surface area (Å²) in [5.74, 6) is 0.482. The third-order valence-corrected chi connectivity index (χ3v) is 3.33. The van der Waals surface area contributed by atoms with Gasteiger partial charge in [0, 0.05) is 28.7 Å². The van der Waals surface area contributed by atoms with E-state index in [2.05, 4.69) is 5.32 Å². The lowest BCUT2D eigenvalue weighted by molar-refractivity contribution is -0.385. The molecule has 0 aromatic heterocycles. The zero-order chi connectivity index (χ0) is 15.4. The highest BCUT2D eigenvalue weighted by atomic mass is 35.5. The number of nitrogens with one attached hydrogen (secondary N) is 1. The number of hydrogen-bond acceptors (Lipinski definition) is 4. The fourth-order valence-corrected chi connectivity index (χ4v) is 2.17. The average Bonchev–Trinajstić information content (AvgIpc) is 2.42. The van der Waals surface area contributed by atoms with Crippen LogP contribution in [0.4, 0.5) is 5.69 Å². The van der Waals surface area contributed by atoms with Crippen molar-refractivity contribution in [3.63, 3.8) is 0 Å². The molecule has 0 unspecified atom stereocenters. The summed E-state index contributed by atoms with van der Waals surface area (Å²) in [4.78, 5) is 10.5. The van der Waals surface area contributed by atoms with Crippen molar-refractivity contribution in [2.24, 2.45) is 0 Å². The van der Waals surface area contributed by atoms with E-state index < -0.39 is 4.92 Å². The SMILES string of the molecule is CNCc1ccc(Oc2cc(Cl)ccc2[N+](=O)[O-])cc1Cl. The zero-order valence-electron chi connectivity index (χ0n) is 11.1. The number of benzene rings is 2. The molecule has 7 heteroatoms. The predicted molar refractivity (Wildman–Crippen MR) is 82.4 cm³/mol. The standard InChI is InChI=1S/C14H12Cl2N2O3/c1-17-8-9-2-4-11(7-12(9)16)21-14-6-10(15)3-5-13(14)18(19)20/h2-7,17H,8H2,1H3. The molecule has 2 aromatic carbocycles. The minimum absolute atomic E-state index is 0.0740. The van der Waals surface area contributed by atoms with E-state index in [1.807, 2.05) is 7.05 Å². The molecule has 0 spiro atoms. The highest BCUT2D eigenvalue weighted by molar-refractivity contribution is 6.31. The van der Waals surface area contributed by atoms with Crippen LogP contribution in [0.2, 0.25) is 10.0 Å². The van der Waals surface area contributed by atoms with E-state index in [0.29, 0.717) is 22.3 Å². The molecular formula is C14H12Cl2N2O3. The Kier molecular flexibility index (Phi) is 5.01. The maximum Gasteiger partial charge on any atom is 0.311 e. The lowest BCUT2D eigenvalue weighted by atomic mass is 10.2. The van der Waals surface area contributed by atoms with Gasteiger partial charge in [-0.3, -0.25) is 10.1 Å². The molecule has 0 fully saturated rings. The molecule has 0 radical (unpaired) electrons. The van der Waals surface area contributed by atoms with Gasteiger partial charge in [-0.1, -0.05) is 29.3 Å². The highest BCUT2D eigenvalue weighted by Crippen LogP contribution is 2.34. The second-order valence-electron chi connectivity index (χ2n) is 4.25. The van der Waals surface area contributed by atoms with Crippen LogP contribution in [0.25, 0.3) is 0 Å². The molecule has 0 aliphatic heterocycles. The van der Waals surface area contributed by atoms with Crippen molar-refractivity contribution in [2.45, 2.75) is 6.54 Å². The predicted octanol–water partition coefficient (Wildman–Crippen LogP) is 4.41. The first-order valence-electron chi connectivity index (χ1n) is 6.06. The summed E-state index contributed by atoms with van der Waals surface area (Å²) < 4.78 is 5.53. The van der Waals surface area contributed by atoms with E-state index in [1.165, 1.54) is 18.2 Å². The molecule has 110 valence electrons. The molecule has 2 rings (SSSR count). The third kappa shape index (κ3) is 3.85. The van der Waals surface area contributed by atoms with Crippen LogP contribution in [-0.2, 0) is 6.54 Å². The van der Waals surface area contributed by atoms with Crippen LogP contribution in [-0.4, -0.2) is 12.0 Å². The fraction of sp³-hybridized carbons (Fsp3) is 0.143. The van der Waals surface area contributed by atoms with Crippen molar-refractivity contribution in [3.8, 4) is 11.5 Å². The largest absolute Gasteiger partial charge is 0.450 e. The van der Waals surface area contributed by atoms with Gasteiger partial charge in [0.15, 0.2) is 0 Å². The van der Waals surface area contributed by atoms with E-state index in [0.717, 1.165) is 5.56 Å². The average molecular weight is 327 g/mol. The van der Waals surface area contributed by atoms with Crippen LogP contribution < -0.4 is 10.1 Å². The summed E-state index contributed by atoms with van der Waals surface area (Å²) in [6.07, 6.45) is 0. The van der Waals surface area contributed by atoms with Crippen LogP contribution in [0, 0.1) is 10.1 Å². The van der Waals surface area contributed by atoms with Gasteiger partial charge in [0.05, 0.1) is 4.92 Å². The molecule has 0 heterocycles. The van der Waals surface area contributed by atoms with Crippen molar-refractivity contribution in [1.82, 2.24) is 5.32 Å². The van der Waals surface area contributed by atoms with E-state index in [9.17, 15) is 10.1 Å². The normalized spacial score (nSPS) is 10.4. The van der Waals surface area contributed by atoms with Gasteiger partial charge in [-0.05, 0) is 30.8 Å². The Morgan fingerprint density at radius 2 is 2.00 bits per heavy atom. The lowest BCUT2D eigenvalue weighted by Crippen LogP contribution is -2.05. The van der Waals surface area contributed by atoms with E-state index in [1.54, 1.807) is 18.2 Å². The maximum absolute atomic E-state index is 11.0. The molecule has 21 heavy (non-hydrogen) atoms. The summed E-state index contributed by atoms with van der Waals surface area (Å²) in [5.41, 5.74) is 0.752. The number of ether oxygens (including phenoxy) is 1. The van der Waals surface area contributed by atoms with Crippen molar-refractivity contribution < 1.29 is 9.66 Å². The molecule has 0 aliphatic rings. The molecule has 0 saturated carbocycles. The van der Waals surface area contributed by atoms with Gasteiger partial charge in [-0.15, -0.1) is 0 Å². The quantitative estimate of drug-likeness (QED) is 0.652. The van der Waals surface area contributed by atoms with Crippen LogP contribution in [0.5, 0.6) is 11.5 Å². The van der Waals surface area contributed by atoms with Gasteiger partial charge < -0.3 is 10.1 Å². The van der Waals surface area contributed by atoms with Crippen molar-refractivity contribution in [1.29, 1.82) is 0 Å². The Bertz CT molecular complexity index is 677. The highest BCUT2D eigenvalue weighted by Gasteiger charge is 2.16. The maximum atomic E-state index is 11.0. The van der Waals surface area contributed by atoms with Gasteiger partial charge in [0.1, 0.15) is 5.75 Å². The van der Waals surface area contributed by atoms with Crippen LogP contribution >= 0.6 is 23.2 Å². The van der Waals surface area contributed by atoms with Crippen LogP contribution in [0.15, 0.2) is 36.4 Å². The fourth-order valence-electron chi connectivity index (χ4n) is 1.77. The number of halogens is 2. The van der Waals surface area contributed by atoms with Gasteiger partial charge in [0.2, 0.25) is 5.75 Å². The number of hydrogen-bond donors (Lipinski definition) is 1. The number of rotatable bonds is 5. The summed E-state index contributed by atoms with van der Waals surface area (Å²) in [5, 5.41) is 14.8. The minimum Gasteiger partial charge on any atom is -0.450 e. The first kappa shape index (κ1) is 15.6. The Hall–Kier alpha value is -1.82. The summed E-state index contributed by atoms with van der Waals surface area (Å²) >= 11 is 12.0. The summed E-state index contributed by atoms with van der Waals surface area (Å²) in [6, 6.07) is 9.24. The molecule has 5 nitrogen and oxygen atoms in total. The molecule has 0 amide bonds. The Balaban J connectivity index is 2.32. The summed E-state index contributed by atoms with van der Waals surface area (Å²) in [6.45, 7) is 0.621. The second-order valence-corrected chi connectivity index (χ2v) is 5.10.